The van der Waals surface area contributed by atoms with Gasteiger partial charge in [-0.2, -0.15) is 0 Å². The number of amides is 4. The lowest BCUT2D eigenvalue weighted by molar-refractivity contribution is -0.145. The summed E-state index contributed by atoms with van der Waals surface area (Å²) in [4.78, 5) is 67.9. The van der Waals surface area contributed by atoms with Crippen LogP contribution in [0.25, 0.3) is 11.3 Å². The average molecular weight is 720 g/mol. The third-order valence-electron chi connectivity index (χ3n) is 8.57. The van der Waals surface area contributed by atoms with Crippen molar-refractivity contribution in [1.29, 1.82) is 0 Å². The SMILES string of the molecule is COC(=O)N[C@H](C(=O)N[C@@H](Cc1ccccc1)[C@@H](O)C[C@H](Cc1ccc(-c2ccccn2)cc1)NC(=O)[C@@H](NC(=O)OC)C(C)(C)C)C(C)C(=O)O. The number of benzene rings is 2. The molecule has 6 atom stereocenters. The Labute approximate surface area is 303 Å². The lowest BCUT2D eigenvalue weighted by Crippen LogP contribution is -2.58. The molecule has 0 fully saturated rings. The minimum atomic E-state index is -1.53. The number of carbonyl (C=O) groups excluding carboxylic acids is 4. The highest BCUT2D eigenvalue weighted by molar-refractivity contribution is 5.90. The third-order valence-corrected chi connectivity index (χ3v) is 8.57. The van der Waals surface area contributed by atoms with E-state index in [9.17, 15) is 34.2 Å². The van der Waals surface area contributed by atoms with Crippen LogP contribution in [-0.2, 0) is 36.7 Å². The van der Waals surface area contributed by atoms with E-state index in [0.29, 0.717) is 0 Å². The number of carbonyl (C=O) groups is 5. The Morgan fingerprint density at radius 3 is 1.90 bits per heavy atom. The maximum atomic E-state index is 13.8. The first-order valence-corrected chi connectivity index (χ1v) is 16.9. The first-order valence-electron chi connectivity index (χ1n) is 16.9. The second-order valence-corrected chi connectivity index (χ2v) is 13.6. The van der Waals surface area contributed by atoms with Crippen molar-refractivity contribution >= 4 is 30.0 Å². The highest BCUT2D eigenvalue weighted by Crippen LogP contribution is 2.22. The predicted octanol–water partition coefficient (Wildman–Crippen LogP) is 3.47. The number of nitrogens with one attached hydrogen (secondary N) is 4. The van der Waals surface area contributed by atoms with E-state index in [0.717, 1.165) is 29.5 Å². The van der Waals surface area contributed by atoms with E-state index >= 15 is 0 Å². The fraction of sp³-hybridized carbons (Fsp3) is 0.421. The van der Waals surface area contributed by atoms with Crippen LogP contribution in [0.4, 0.5) is 9.59 Å². The minimum Gasteiger partial charge on any atom is -0.481 e. The number of pyridine rings is 1. The van der Waals surface area contributed by atoms with E-state index in [1.54, 1.807) is 39.1 Å². The highest BCUT2D eigenvalue weighted by Gasteiger charge is 2.37. The van der Waals surface area contributed by atoms with Gasteiger partial charge in [-0.05, 0) is 54.9 Å². The van der Waals surface area contributed by atoms with Gasteiger partial charge in [-0.1, -0.05) is 81.4 Å². The summed E-state index contributed by atoms with van der Waals surface area (Å²) in [5, 5.41) is 32.1. The van der Waals surface area contributed by atoms with Gasteiger partial charge in [0.15, 0.2) is 0 Å². The Kier molecular flexibility index (Phi) is 15.1. The van der Waals surface area contributed by atoms with Crippen LogP contribution in [0, 0.1) is 11.3 Å². The molecule has 0 bridgehead atoms. The topological polar surface area (TPSA) is 205 Å². The summed E-state index contributed by atoms with van der Waals surface area (Å²) >= 11 is 0. The van der Waals surface area contributed by atoms with Crippen molar-refractivity contribution in [1.82, 2.24) is 26.3 Å². The number of alkyl carbamates (subject to hydrolysis) is 2. The van der Waals surface area contributed by atoms with Crippen molar-refractivity contribution < 1.29 is 43.7 Å². The predicted molar refractivity (Wildman–Crippen MR) is 193 cm³/mol. The Morgan fingerprint density at radius 2 is 1.35 bits per heavy atom. The molecule has 2 aromatic carbocycles. The standard InChI is InChI=1S/C38H49N5O9/c1-23(35(47)48)31(42-36(49)51-5)33(45)41-29(21-24-12-8-7-9-13-24)30(44)22-27(40-34(46)32(38(2,3)4)43-37(50)52-6)20-25-15-17-26(18-16-25)28-14-10-11-19-39-28/h7-19,23,27,29-32,44H,20-22H2,1-6H3,(H,40,46)(H,41,45)(H,42,49)(H,43,50)(H,47,48)/t23?,27-,29-,30-,31-,32+/m0/s1. The van der Waals surface area contributed by atoms with Crippen LogP contribution in [0.3, 0.4) is 0 Å². The van der Waals surface area contributed by atoms with Gasteiger partial charge in [0.05, 0.1) is 38.0 Å². The quantitative estimate of drug-likeness (QED) is 0.127. The lowest BCUT2D eigenvalue weighted by Gasteiger charge is -2.33. The number of nitrogens with zero attached hydrogens (tertiary/aromatic N) is 1. The van der Waals surface area contributed by atoms with Crippen LogP contribution in [-0.4, -0.2) is 89.7 Å². The van der Waals surface area contributed by atoms with Crippen LogP contribution in [0.1, 0.15) is 45.2 Å². The first kappa shape index (κ1) is 40.9. The zero-order valence-electron chi connectivity index (χ0n) is 30.3. The van der Waals surface area contributed by atoms with Crippen LogP contribution in [0.5, 0.6) is 0 Å². The van der Waals surface area contributed by atoms with E-state index in [4.69, 9.17) is 4.74 Å². The Morgan fingerprint density at radius 1 is 0.750 bits per heavy atom. The Bertz CT molecular complexity index is 1630. The molecule has 52 heavy (non-hydrogen) atoms. The van der Waals surface area contributed by atoms with Crippen LogP contribution in [0.2, 0.25) is 0 Å². The van der Waals surface area contributed by atoms with Crippen LogP contribution < -0.4 is 21.3 Å². The summed E-state index contributed by atoms with van der Waals surface area (Å²) in [6.45, 7) is 6.63. The van der Waals surface area contributed by atoms with Crippen molar-refractivity contribution in [2.75, 3.05) is 14.2 Å². The van der Waals surface area contributed by atoms with Crippen molar-refractivity contribution in [2.45, 2.75) is 77.2 Å². The van der Waals surface area contributed by atoms with Crippen molar-refractivity contribution in [2.24, 2.45) is 11.3 Å². The van der Waals surface area contributed by atoms with Gasteiger partial charge in [-0.25, -0.2) is 9.59 Å². The van der Waals surface area contributed by atoms with Gasteiger partial charge in [0.1, 0.15) is 12.1 Å². The number of carboxylic acid groups (broad SMARTS) is 1. The molecule has 0 saturated heterocycles. The molecule has 0 aliphatic heterocycles. The second kappa shape index (κ2) is 19.2. The van der Waals surface area contributed by atoms with Gasteiger partial charge in [-0.3, -0.25) is 19.4 Å². The highest BCUT2D eigenvalue weighted by atomic mass is 16.5. The van der Waals surface area contributed by atoms with Gasteiger partial charge in [0.2, 0.25) is 11.8 Å². The monoisotopic (exact) mass is 719 g/mol. The fourth-order valence-electron chi connectivity index (χ4n) is 5.59. The Hall–Kier alpha value is -5.50. The number of rotatable bonds is 16. The molecule has 0 radical (unpaired) electrons. The number of aliphatic hydroxyl groups is 1. The molecule has 4 amide bonds. The number of hydrogen-bond donors (Lipinski definition) is 6. The molecule has 280 valence electrons. The Balaban J connectivity index is 1.96. The molecule has 6 N–H and O–H groups in total. The summed E-state index contributed by atoms with van der Waals surface area (Å²) in [6.07, 6.45) is -1.05. The van der Waals surface area contributed by atoms with Gasteiger partial charge >= 0.3 is 18.2 Å². The molecule has 14 nitrogen and oxygen atoms in total. The summed E-state index contributed by atoms with van der Waals surface area (Å²) < 4.78 is 9.37. The van der Waals surface area contributed by atoms with Gasteiger partial charge in [0, 0.05) is 17.8 Å². The van der Waals surface area contributed by atoms with E-state index in [2.05, 4.69) is 31.0 Å². The summed E-state index contributed by atoms with van der Waals surface area (Å²) in [5.41, 5.74) is 2.53. The molecule has 3 rings (SSSR count). The molecular weight excluding hydrogens is 670 g/mol. The number of carboxylic acids is 1. The second-order valence-electron chi connectivity index (χ2n) is 13.6. The van der Waals surface area contributed by atoms with Crippen LogP contribution >= 0.6 is 0 Å². The summed E-state index contributed by atoms with van der Waals surface area (Å²) in [7, 11) is 2.29. The molecule has 0 aliphatic rings. The maximum Gasteiger partial charge on any atom is 0.407 e. The van der Waals surface area contributed by atoms with E-state index in [1.807, 2.05) is 60.7 Å². The smallest absolute Gasteiger partial charge is 0.407 e. The van der Waals surface area contributed by atoms with E-state index in [-0.39, 0.29) is 19.3 Å². The molecule has 14 heteroatoms. The molecule has 0 saturated carbocycles. The molecule has 1 aromatic heterocycles. The van der Waals surface area contributed by atoms with Gasteiger partial charge in [0.25, 0.3) is 0 Å². The van der Waals surface area contributed by atoms with Gasteiger partial charge < -0.3 is 41.0 Å². The number of aliphatic carboxylic acids is 1. The zero-order valence-corrected chi connectivity index (χ0v) is 30.3. The van der Waals surface area contributed by atoms with Crippen LogP contribution in [0.15, 0.2) is 79.0 Å². The normalized spacial score (nSPS) is 14.7. The fourth-order valence-corrected chi connectivity index (χ4v) is 5.59. The number of aromatic nitrogens is 1. The lowest BCUT2D eigenvalue weighted by atomic mass is 9.85. The molecule has 3 aromatic rings. The van der Waals surface area contributed by atoms with E-state index < -0.39 is 71.6 Å². The molecule has 0 spiro atoms. The van der Waals surface area contributed by atoms with Crippen molar-refractivity contribution in [3.63, 3.8) is 0 Å². The number of aliphatic hydroxyl groups excluding tert-OH is 1. The summed E-state index contributed by atoms with van der Waals surface area (Å²) in [5.74, 6) is -4.03. The van der Waals surface area contributed by atoms with Crippen molar-refractivity contribution in [3.05, 3.63) is 90.1 Å². The largest absolute Gasteiger partial charge is 0.481 e. The van der Waals surface area contributed by atoms with Crippen molar-refractivity contribution in [3.8, 4) is 11.3 Å². The number of hydrogen-bond acceptors (Lipinski definition) is 9. The summed E-state index contributed by atoms with van der Waals surface area (Å²) in [6, 6.07) is 18.0. The van der Waals surface area contributed by atoms with Gasteiger partial charge in [-0.15, -0.1) is 0 Å². The number of methoxy groups -OCH3 is 2. The molecule has 1 unspecified atom stereocenters. The minimum absolute atomic E-state index is 0.0653. The molecular formula is C38H49N5O9. The maximum absolute atomic E-state index is 13.8. The zero-order chi connectivity index (χ0) is 38.4. The number of ether oxygens (including phenoxy) is 2. The van der Waals surface area contributed by atoms with E-state index in [1.165, 1.54) is 14.0 Å². The average Bonchev–Trinajstić information content (AvgIpc) is 3.12. The third kappa shape index (κ3) is 12.4. The molecule has 1 heterocycles. The molecule has 0 aliphatic carbocycles. The first-order chi connectivity index (χ1) is 24.6.